The van der Waals surface area contributed by atoms with Crippen molar-refractivity contribution in [1.29, 1.82) is 0 Å². The Hall–Kier alpha value is -1.99. The number of nitrogens with one attached hydrogen (secondary N) is 1. The highest BCUT2D eigenvalue weighted by Crippen LogP contribution is 2.24. The van der Waals surface area contributed by atoms with Crippen LogP contribution >= 0.6 is 23.2 Å². The maximum absolute atomic E-state index is 12.4. The highest BCUT2D eigenvalue weighted by molar-refractivity contribution is 6.42. The number of piperidine rings is 1. The van der Waals surface area contributed by atoms with E-state index in [-0.39, 0.29) is 24.5 Å². The van der Waals surface area contributed by atoms with Gasteiger partial charge in [-0.3, -0.25) is 4.79 Å². The second-order valence-corrected chi connectivity index (χ2v) is 8.97. The van der Waals surface area contributed by atoms with Crippen molar-refractivity contribution in [1.82, 2.24) is 10.2 Å². The van der Waals surface area contributed by atoms with Crippen LogP contribution in [0.3, 0.4) is 0 Å². The lowest BCUT2D eigenvalue weighted by Gasteiger charge is -2.33. The molecule has 0 spiro atoms. The van der Waals surface area contributed by atoms with Crippen molar-refractivity contribution >= 4 is 40.9 Å². The minimum absolute atomic E-state index is 0.0315. The summed E-state index contributed by atoms with van der Waals surface area (Å²) in [6.07, 6.45) is 1.73. The van der Waals surface area contributed by atoms with Crippen LogP contribution in [0.2, 0.25) is 10.0 Å². The molecule has 1 fully saturated rings. The number of oxime groups is 1. The van der Waals surface area contributed by atoms with Crippen molar-refractivity contribution < 1.29 is 19.2 Å². The number of benzene rings is 1. The van der Waals surface area contributed by atoms with Crippen LogP contribution in [-0.4, -0.2) is 54.5 Å². The van der Waals surface area contributed by atoms with Crippen LogP contribution in [0.5, 0.6) is 0 Å². The molecule has 1 heterocycles. The average Bonchev–Trinajstić information content (AvgIpc) is 2.66. The van der Waals surface area contributed by atoms with E-state index < -0.39 is 5.60 Å². The van der Waals surface area contributed by atoms with Crippen molar-refractivity contribution in [3.05, 3.63) is 33.8 Å². The molecule has 2 amide bonds. The SMILES string of the molecule is CON=C(CCC(=O)NC1CCN(C(=O)OC(C)(C)C)CC1)c1ccc(Cl)c(Cl)c1. The summed E-state index contributed by atoms with van der Waals surface area (Å²) < 4.78 is 5.40. The standard InChI is InChI=1S/C21H29Cl2N3O4/c1-21(2,3)30-20(28)26-11-9-15(10-12-26)24-19(27)8-7-18(25-29-4)14-5-6-16(22)17(23)13-14/h5-6,13,15H,7-12H2,1-4H3,(H,24,27). The van der Waals surface area contributed by atoms with E-state index >= 15 is 0 Å². The van der Waals surface area contributed by atoms with Gasteiger partial charge in [-0.25, -0.2) is 4.79 Å². The van der Waals surface area contributed by atoms with Crippen LogP contribution in [0, 0.1) is 0 Å². The molecule has 0 aliphatic carbocycles. The van der Waals surface area contributed by atoms with Gasteiger partial charge in [0.15, 0.2) is 0 Å². The fourth-order valence-electron chi connectivity index (χ4n) is 3.09. The Morgan fingerprint density at radius 1 is 1.17 bits per heavy atom. The highest BCUT2D eigenvalue weighted by atomic mass is 35.5. The number of carbonyl (C=O) groups excluding carboxylic acids is 2. The number of nitrogens with zero attached hydrogens (tertiary/aromatic N) is 2. The Kier molecular flexibility index (Phi) is 8.79. The summed E-state index contributed by atoms with van der Waals surface area (Å²) in [6, 6.07) is 5.20. The van der Waals surface area contributed by atoms with Crippen molar-refractivity contribution in [3.8, 4) is 0 Å². The first-order chi connectivity index (χ1) is 14.1. The van der Waals surface area contributed by atoms with Crippen LogP contribution in [0.1, 0.15) is 52.0 Å². The van der Waals surface area contributed by atoms with E-state index in [2.05, 4.69) is 10.5 Å². The molecule has 2 rings (SSSR count). The fraction of sp³-hybridized carbons (Fsp3) is 0.571. The minimum Gasteiger partial charge on any atom is -0.444 e. The molecule has 1 aliphatic heterocycles. The molecule has 1 N–H and O–H groups in total. The third-order valence-corrected chi connectivity index (χ3v) is 5.29. The summed E-state index contributed by atoms with van der Waals surface area (Å²) in [7, 11) is 1.45. The molecule has 0 bridgehead atoms. The van der Waals surface area contributed by atoms with E-state index in [0.29, 0.717) is 48.1 Å². The van der Waals surface area contributed by atoms with Crippen LogP contribution in [0.25, 0.3) is 0 Å². The van der Waals surface area contributed by atoms with Gasteiger partial charge in [0.25, 0.3) is 0 Å². The Morgan fingerprint density at radius 3 is 2.40 bits per heavy atom. The lowest BCUT2D eigenvalue weighted by atomic mass is 10.0. The van der Waals surface area contributed by atoms with Crippen LogP contribution in [0.15, 0.2) is 23.4 Å². The first kappa shape index (κ1) is 24.3. The maximum Gasteiger partial charge on any atom is 0.410 e. The number of carbonyl (C=O) groups is 2. The van der Waals surface area contributed by atoms with Crippen LogP contribution in [0.4, 0.5) is 4.79 Å². The number of amides is 2. The number of likely N-dealkylation sites (tertiary alicyclic amines) is 1. The van der Waals surface area contributed by atoms with Gasteiger partial charge in [-0.05, 0) is 45.7 Å². The summed E-state index contributed by atoms with van der Waals surface area (Å²) in [5.41, 5.74) is 0.855. The number of rotatable bonds is 6. The molecule has 0 aromatic heterocycles. The van der Waals surface area contributed by atoms with Crippen molar-refractivity contribution in [3.63, 3.8) is 0 Å². The Morgan fingerprint density at radius 2 is 1.83 bits per heavy atom. The largest absolute Gasteiger partial charge is 0.444 e. The zero-order chi connectivity index (χ0) is 22.3. The monoisotopic (exact) mass is 457 g/mol. The molecule has 1 aliphatic rings. The molecular weight excluding hydrogens is 429 g/mol. The second kappa shape index (κ2) is 10.9. The van der Waals surface area contributed by atoms with Gasteiger partial charge < -0.3 is 19.8 Å². The average molecular weight is 458 g/mol. The number of hydrogen-bond acceptors (Lipinski definition) is 5. The van der Waals surface area contributed by atoms with E-state index in [1.807, 2.05) is 20.8 Å². The van der Waals surface area contributed by atoms with Crippen molar-refractivity contribution in [2.45, 2.75) is 58.1 Å². The van der Waals surface area contributed by atoms with Gasteiger partial charge in [-0.1, -0.05) is 34.4 Å². The van der Waals surface area contributed by atoms with Gasteiger partial charge in [-0.2, -0.15) is 0 Å². The van der Waals surface area contributed by atoms with E-state index in [0.717, 1.165) is 5.56 Å². The van der Waals surface area contributed by atoms with Gasteiger partial charge in [-0.15, -0.1) is 0 Å². The molecule has 1 aromatic rings. The zero-order valence-electron chi connectivity index (χ0n) is 17.8. The molecule has 30 heavy (non-hydrogen) atoms. The third kappa shape index (κ3) is 7.69. The fourth-order valence-corrected chi connectivity index (χ4v) is 3.39. The van der Waals surface area contributed by atoms with Gasteiger partial charge in [0.2, 0.25) is 5.91 Å². The first-order valence-corrected chi connectivity index (χ1v) is 10.7. The molecule has 166 valence electrons. The number of hydrogen-bond donors (Lipinski definition) is 1. The van der Waals surface area contributed by atoms with Crippen molar-refractivity contribution in [2.24, 2.45) is 5.16 Å². The normalized spacial score (nSPS) is 15.7. The Bertz CT molecular complexity index is 785. The molecule has 0 saturated carbocycles. The molecule has 0 radical (unpaired) electrons. The van der Waals surface area contributed by atoms with Gasteiger partial charge in [0.1, 0.15) is 12.7 Å². The van der Waals surface area contributed by atoms with Crippen molar-refractivity contribution in [2.75, 3.05) is 20.2 Å². The molecule has 1 saturated heterocycles. The molecule has 1 aromatic carbocycles. The zero-order valence-corrected chi connectivity index (χ0v) is 19.3. The molecule has 0 atom stereocenters. The third-order valence-electron chi connectivity index (χ3n) is 4.55. The predicted octanol–water partition coefficient (Wildman–Crippen LogP) is 4.64. The lowest BCUT2D eigenvalue weighted by molar-refractivity contribution is -0.121. The minimum atomic E-state index is -0.516. The summed E-state index contributed by atoms with van der Waals surface area (Å²) in [5.74, 6) is -0.0745. The predicted molar refractivity (Wildman–Crippen MR) is 118 cm³/mol. The quantitative estimate of drug-likeness (QED) is 0.498. The van der Waals surface area contributed by atoms with Gasteiger partial charge >= 0.3 is 6.09 Å². The Balaban J connectivity index is 1.82. The van der Waals surface area contributed by atoms with Gasteiger partial charge in [0.05, 0.1) is 15.8 Å². The van der Waals surface area contributed by atoms with Gasteiger partial charge in [0, 0.05) is 37.5 Å². The van der Waals surface area contributed by atoms with E-state index in [9.17, 15) is 9.59 Å². The smallest absolute Gasteiger partial charge is 0.410 e. The summed E-state index contributed by atoms with van der Waals surface area (Å²) in [5, 5.41) is 7.92. The van der Waals surface area contributed by atoms with E-state index in [1.54, 1.807) is 23.1 Å². The molecule has 0 unspecified atom stereocenters. The molecule has 7 nitrogen and oxygen atoms in total. The molecular formula is C21H29Cl2N3O4. The van der Waals surface area contributed by atoms with Crippen LogP contribution < -0.4 is 5.32 Å². The molecule has 9 heteroatoms. The highest BCUT2D eigenvalue weighted by Gasteiger charge is 2.27. The Labute approximate surface area is 187 Å². The van der Waals surface area contributed by atoms with Crippen LogP contribution in [-0.2, 0) is 14.4 Å². The van der Waals surface area contributed by atoms with E-state index in [1.165, 1.54) is 7.11 Å². The summed E-state index contributed by atoms with van der Waals surface area (Å²) >= 11 is 12.0. The number of halogens is 2. The summed E-state index contributed by atoms with van der Waals surface area (Å²) in [6.45, 7) is 6.64. The second-order valence-electron chi connectivity index (χ2n) is 8.16. The number of ether oxygens (including phenoxy) is 1. The van der Waals surface area contributed by atoms with E-state index in [4.69, 9.17) is 32.8 Å². The maximum atomic E-state index is 12.4. The topological polar surface area (TPSA) is 80.2 Å². The lowest BCUT2D eigenvalue weighted by Crippen LogP contribution is -2.47. The summed E-state index contributed by atoms with van der Waals surface area (Å²) in [4.78, 5) is 31.1. The first-order valence-electron chi connectivity index (χ1n) is 9.92.